The average molecular weight is 701 g/mol. The van der Waals surface area contributed by atoms with Crippen LogP contribution in [0.15, 0.2) is 194 Å². The zero-order chi connectivity index (χ0) is 36.3. The summed E-state index contributed by atoms with van der Waals surface area (Å²) >= 11 is 0. The highest BCUT2D eigenvalue weighted by Gasteiger charge is 2.19. The minimum absolute atomic E-state index is 0.642. The van der Waals surface area contributed by atoms with E-state index in [1.165, 1.54) is 59.9 Å². The van der Waals surface area contributed by atoms with Gasteiger partial charge in [0.15, 0.2) is 17.5 Å². The van der Waals surface area contributed by atoms with Crippen LogP contribution in [0.25, 0.3) is 105 Å². The molecule has 0 fully saturated rings. The van der Waals surface area contributed by atoms with Gasteiger partial charge in [-0.25, -0.2) is 15.0 Å². The number of hydrogen-bond donors (Lipinski definition) is 0. The van der Waals surface area contributed by atoms with Gasteiger partial charge in [0.2, 0.25) is 0 Å². The van der Waals surface area contributed by atoms with Crippen molar-refractivity contribution in [3.8, 4) is 51.0 Å². The first-order valence-corrected chi connectivity index (χ1v) is 18.6. The van der Waals surface area contributed by atoms with Crippen LogP contribution in [0, 0.1) is 0 Å². The van der Waals surface area contributed by atoms with Gasteiger partial charge in [0.05, 0.1) is 16.7 Å². The van der Waals surface area contributed by atoms with E-state index in [0.717, 1.165) is 27.8 Å². The fraction of sp³-hybridized carbons (Fsp3) is 0. The molecule has 11 rings (SSSR count). The van der Waals surface area contributed by atoms with Gasteiger partial charge in [-0.2, -0.15) is 0 Å². The molecule has 4 nitrogen and oxygen atoms in total. The van der Waals surface area contributed by atoms with E-state index in [9.17, 15) is 0 Å². The van der Waals surface area contributed by atoms with E-state index in [1.807, 2.05) is 60.7 Å². The van der Waals surface area contributed by atoms with E-state index < -0.39 is 0 Å². The molecule has 0 unspecified atom stereocenters. The Morgan fingerprint density at radius 2 is 0.745 bits per heavy atom. The summed E-state index contributed by atoms with van der Waals surface area (Å²) in [5.41, 5.74) is 8.75. The van der Waals surface area contributed by atoms with Crippen LogP contribution in [0.5, 0.6) is 0 Å². The van der Waals surface area contributed by atoms with Crippen molar-refractivity contribution in [1.29, 1.82) is 0 Å². The Morgan fingerprint density at radius 1 is 0.273 bits per heavy atom. The summed E-state index contributed by atoms with van der Waals surface area (Å²) in [6.07, 6.45) is 0. The molecular weight excluding hydrogens is 669 g/mol. The first-order valence-electron chi connectivity index (χ1n) is 18.6. The predicted octanol–water partition coefficient (Wildman–Crippen LogP) is 13.1. The molecule has 0 aliphatic rings. The number of para-hydroxylation sites is 1. The summed E-state index contributed by atoms with van der Waals surface area (Å²) < 4.78 is 2.46. The average Bonchev–Trinajstić information content (AvgIpc) is 3.60. The molecule has 0 aliphatic heterocycles. The summed E-state index contributed by atoms with van der Waals surface area (Å²) in [6, 6.07) is 68.8. The van der Waals surface area contributed by atoms with Crippen molar-refractivity contribution in [2.75, 3.05) is 0 Å². The number of benzene rings is 9. The Hall–Kier alpha value is -7.43. The molecule has 0 saturated heterocycles. The second-order valence-corrected chi connectivity index (χ2v) is 14.0. The van der Waals surface area contributed by atoms with Gasteiger partial charge < -0.3 is 4.57 Å². The van der Waals surface area contributed by atoms with Gasteiger partial charge in [0.25, 0.3) is 0 Å². The third kappa shape index (κ3) is 5.11. The second-order valence-electron chi connectivity index (χ2n) is 14.0. The lowest BCUT2D eigenvalue weighted by Crippen LogP contribution is -2.00. The molecule has 0 saturated carbocycles. The maximum atomic E-state index is 5.08. The highest BCUT2D eigenvalue weighted by molar-refractivity contribution is 6.28. The molecule has 55 heavy (non-hydrogen) atoms. The molecule has 0 amide bonds. The van der Waals surface area contributed by atoms with Crippen molar-refractivity contribution >= 4 is 54.1 Å². The van der Waals surface area contributed by atoms with Crippen molar-refractivity contribution in [2.24, 2.45) is 0 Å². The molecule has 4 heteroatoms. The van der Waals surface area contributed by atoms with Crippen molar-refractivity contribution < 1.29 is 0 Å². The minimum atomic E-state index is 0.642. The van der Waals surface area contributed by atoms with Crippen molar-refractivity contribution in [3.63, 3.8) is 0 Å². The molecule has 256 valence electrons. The number of fused-ring (bicyclic) bond motifs is 9. The van der Waals surface area contributed by atoms with E-state index in [2.05, 4.69) is 138 Å². The smallest absolute Gasteiger partial charge is 0.164 e. The van der Waals surface area contributed by atoms with E-state index in [0.29, 0.717) is 17.5 Å². The van der Waals surface area contributed by atoms with Gasteiger partial charge in [-0.05, 0) is 62.3 Å². The topological polar surface area (TPSA) is 43.6 Å². The maximum Gasteiger partial charge on any atom is 0.164 e. The number of rotatable bonds is 5. The fourth-order valence-corrected chi connectivity index (χ4v) is 8.29. The van der Waals surface area contributed by atoms with Crippen LogP contribution >= 0.6 is 0 Å². The van der Waals surface area contributed by atoms with E-state index in [4.69, 9.17) is 15.0 Å². The Kier molecular flexibility index (Phi) is 7.14. The largest absolute Gasteiger partial charge is 0.309 e. The third-order valence-electron chi connectivity index (χ3n) is 10.8. The van der Waals surface area contributed by atoms with Gasteiger partial charge in [-0.3, -0.25) is 0 Å². The molecular formula is C51H32N4. The lowest BCUT2D eigenvalue weighted by Gasteiger charge is -2.17. The lowest BCUT2D eigenvalue weighted by molar-refractivity contribution is 1.07. The van der Waals surface area contributed by atoms with Crippen LogP contribution in [0.4, 0.5) is 0 Å². The third-order valence-corrected chi connectivity index (χ3v) is 10.8. The molecule has 0 aliphatic carbocycles. The van der Waals surface area contributed by atoms with Crippen LogP contribution < -0.4 is 0 Å². The molecule has 0 bridgehead atoms. The SMILES string of the molecule is c1ccc(-c2ccc3c4ccccc4n(-c4cccc5c6ccccc6c6cc(-c7nc(-c8ccccc8)nc(-c8ccccc8)n7)ccc6c45)c3c2)cc1. The van der Waals surface area contributed by atoms with Crippen molar-refractivity contribution in [1.82, 2.24) is 19.5 Å². The lowest BCUT2D eigenvalue weighted by atomic mass is 9.92. The number of hydrogen-bond acceptors (Lipinski definition) is 3. The first-order chi connectivity index (χ1) is 27.3. The molecule has 0 spiro atoms. The summed E-state index contributed by atoms with van der Waals surface area (Å²) in [5, 5.41) is 9.63. The molecule has 0 N–H and O–H groups in total. The molecule has 2 aromatic heterocycles. The Labute approximate surface area is 317 Å². The zero-order valence-corrected chi connectivity index (χ0v) is 29.8. The fourth-order valence-electron chi connectivity index (χ4n) is 8.29. The summed E-state index contributed by atoms with van der Waals surface area (Å²) in [5.74, 6) is 1.94. The van der Waals surface area contributed by atoms with Crippen molar-refractivity contribution in [3.05, 3.63) is 194 Å². The quantitative estimate of drug-likeness (QED) is 0.168. The van der Waals surface area contributed by atoms with Crippen LogP contribution in [-0.4, -0.2) is 19.5 Å². The van der Waals surface area contributed by atoms with Crippen LogP contribution in [0.1, 0.15) is 0 Å². The van der Waals surface area contributed by atoms with Crippen LogP contribution in [-0.2, 0) is 0 Å². The summed E-state index contributed by atoms with van der Waals surface area (Å²) in [4.78, 5) is 15.1. The van der Waals surface area contributed by atoms with Crippen molar-refractivity contribution in [2.45, 2.75) is 0 Å². The Morgan fingerprint density at radius 3 is 1.42 bits per heavy atom. The second kappa shape index (κ2) is 12.6. The van der Waals surface area contributed by atoms with E-state index >= 15 is 0 Å². The normalized spacial score (nSPS) is 11.6. The maximum absolute atomic E-state index is 5.08. The molecule has 0 radical (unpaired) electrons. The molecule has 0 atom stereocenters. The van der Waals surface area contributed by atoms with Gasteiger partial charge in [0.1, 0.15) is 0 Å². The zero-order valence-electron chi connectivity index (χ0n) is 29.8. The first kappa shape index (κ1) is 31.1. The Balaban J connectivity index is 1.20. The molecule has 11 aromatic rings. The van der Waals surface area contributed by atoms with Crippen LogP contribution in [0.2, 0.25) is 0 Å². The summed E-state index contributed by atoms with van der Waals surface area (Å²) in [6.45, 7) is 0. The minimum Gasteiger partial charge on any atom is -0.309 e. The van der Waals surface area contributed by atoms with E-state index in [-0.39, 0.29) is 0 Å². The summed E-state index contributed by atoms with van der Waals surface area (Å²) in [7, 11) is 0. The van der Waals surface area contributed by atoms with Gasteiger partial charge in [-0.1, -0.05) is 170 Å². The highest BCUT2D eigenvalue weighted by Crippen LogP contribution is 2.42. The molecule has 9 aromatic carbocycles. The Bertz CT molecular complexity index is 3180. The number of nitrogens with zero attached hydrogens (tertiary/aromatic N) is 4. The van der Waals surface area contributed by atoms with Gasteiger partial charge >= 0.3 is 0 Å². The van der Waals surface area contributed by atoms with E-state index in [1.54, 1.807) is 0 Å². The van der Waals surface area contributed by atoms with Crippen LogP contribution in [0.3, 0.4) is 0 Å². The monoisotopic (exact) mass is 700 g/mol. The highest BCUT2D eigenvalue weighted by atomic mass is 15.0. The van der Waals surface area contributed by atoms with Gasteiger partial charge in [-0.15, -0.1) is 0 Å². The number of aromatic nitrogens is 4. The standard InChI is InChI=1S/C51H32N4/c1-4-15-33(16-5-1)36-27-29-41-40-23-12-13-25-45(40)55(47(41)32-36)46-26-14-24-42-38-21-10-11-22-39(38)44-31-37(28-30-43(44)48(42)46)51-53-49(34-17-6-2-7-18-34)52-50(54-51)35-19-8-3-9-20-35/h1-32H. The molecule has 2 heterocycles. The predicted molar refractivity (Wildman–Crippen MR) is 228 cm³/mol. The van der Waals surface area contributed by atoms with Gasteiger partial charge in [0, 0.05) is 32.8 Å².